The first-order valence-electron chi connectivity index (χ1n) is 6.43. The maximum absolute atomic E-state index is 5.99. The topological polar surface area (TPSA) is 62.9 Å². The minimum absolute atomic E-state index is 0.454. The van der Waals surface area contributed by atoms with Gasteiger partial charge in [-0.15, -0.1) is 0 Å². The predicted octanol–water partition coefficient (Wildman–Crippen LogP) is 3.40. The van der Waals surface area contributed by atoms with E-state index in [1.54, 1.807) is 33.5 Å². The Hall–Kier alpha value is -2.56. The van der Waals surface area contributed by atoms with Crippen LogP contribution in [0.1, 0.15) is 5.56 Å². The number of anilines is 1. The van der Waals surface area contributed by atoms with Crippen molar-refractivity contribution in [2.24, 2.45) is 0 Å². The minimum Gasteiger partial charge on any atom is -0.493 e. The van der Waals surface area contributed by atoms with Gasteiger partial charge in [-0.3, -0.25) is 0 Å². The summed E-state index contributed by atoms with van der Waals surface area (Å²) in [6, 6.07) is 9.02. The largest absolute Gasteiger partial charge is 0.493 e. The number of nitrogen functional groups attached to an aromatic ring is 1. The highest BCUT2D eigenvalue weighted by atomic mass is 16.5. The van der Waals surface area contributed by atoms with Gasteiger partial charge in [-0.1, -0.05) is 6.07 Å². The van der Waals surface area contributed by atoms with Crippen molar-refractivity contribution in [3.63, 3.8) is 0 Å². The molecule has 2 N–H and O–H groups in total. The zero-order chi connectivity index (χ0) is 15.4. The van der Waals surface area contributed by atoms with Gasteiger partial charge in [-0.25, -0.2) is 0 Å². The quantitative estimate of drug-likeness (QED) is 0.855. The standard InChI is InChI=1S/C16H19NO4/c1-10-5-6-12(14(7-10)18-2)21-13-9-16(20-4)15(19-3)8-11(13)17/h5-9H,17H2,1-4H3. The van der Waals surface area contributed by atoms with E-state index in [0.717, 1.165) is 5.56 Å². The fraction of sp³-hybridized carbons (Fsp3) is 0.250. The van der Waals surface area contributed by atoms with E-state index in [1.165, 1.54) is 0 Å². The lowest BCUT2D eigenvalue weighted by Crippen LogP contribution is -1.98. The van der Waals surface area contributed by atoms with Crippen LogP contribution in [0.3, 0.4) is 0 Å². The maximum Gasteiger partial charge on any atom is 0.169 e. The smallest absolute Gasteiger partial charge is 0.169 e. The molecule has 2 aromatic rings. The van der Waals surface area contributed by atoms with Gasteiger partial charge in [0.2, 0.25) is 0 Å². The first-order valence-corrected chi connectivity index (χ1v) is 6.43. The number of nitrogens with two attached hydrogens (primary N) is 1. The second-order valence-corrected chi connectivity index (χ2v) is 4.50. The highest BCUT2D eigenvalue weighted by molar-refractivity contribution is 5.63. The van der Waals surface area contributed by atoms with Crippen LogP contribution in [0.15, 0.2) is 30.3 Å². The van der Waals surface area contributed by atoms with Gasteiger partial charge in [0, 0.05) is 12.1 Å². The molecule has 2 rings (SSSR count). The summed E-state index contributed by atoms with van der Waals surface area (Å²) in [6.45, 7) is 1.98. The zero-order valence-electron chi connectivity index (χ0n) is 12.6. The summed E-state index contributed by atoms with van der Waals surface area (Å²) >= 11 is 0. The van der Waals surface area contributed by atoms with Gasteiger partial charge in [-0.05, 0) is 24.6 Å². The van der Waals surface area contributed by atoms with Gasteiger partial charge in [0.25, 0.3) is 0 Å². The van der Waals surface area contributed by atoms with Gasteiger partial charge in [0.1, 0.15) is 0 Å². The van der Waals surface area contributed by atoms with E-state index in [0.29, 0.717) is 34.4 Å². The zero-order valence-corrected chi connectivity index (χ0v) is 12.6. The Labute approximate surface area is 124 Å². The van der Waals surface area contributed by atoms with Crippen LogP contribution < -0.4 is 24.7 Å². The summed E-state index contributed by atoms with van der Waals surface area (Å²) < 4.78 is 21.6. The molecule has 0 saturated heterocycles. The molecule has 0 aromatic heterocycles. The van der Waals surface area contributed by atoms with Gasteiger partial charge in [-0.2, -0.15) is 0 Å². The van der Waals surface area contributed by atoms with Gasteiger partial charge in [0.15, 0.2) is 28.7 Å². The summed E-state index contributed by atoms with van der Waals surface area (Å²) in [5.41, 5.74) is 7.53. The average Bonchev–Trinajstić information content (AvgIpc) is 2.50. The lowest BCUT2D eigenvalue weighted by atomic mass is 10.2. The first-order chi connectivity index (χ1) is 10.1. The van der Waals surface area contributed by atoms with Gasteiger partial charge in [0.05, 0.1) is 27.0 Å². The molecule has 5 heteroatoms. The van der Waals surface area contributed by atoms with Crippen LogP contribution in [0, 0.1) is 6.92 Å². The number of hydrogen-bond acceptors (Lipinski definition) is 5. The van der Waals surface area contributed by atoms with Crippen LogP contribution in [0.4, 0.5) is 5.69 Å². The van der Waals surface area contributed by atoms with Gasteiger partial charge >= 0.3 is 0 Å². The molecule has 0 aliphatic heterocycles. The molecule has 0 aliphatic rings. The molecule has 0 atom stereocenters. The molecule has 0 fully saturated rings. The predicted molar refractivity (Wildman–Crippen MR) is 81.8 cm³/mol. The van der Waals surface area contributed by atoms with Crippen LogP contribution >= 0.6 is 0 Å². The molecule has 0 saturated carbocycles. The van der Waals surface area contributed by atoms with E-state index in [4.69, 9.17) is 24.7 Å². The Bertz CT molecular complexity index is 640. The molecule has 0 aliphatic carbocycles. The number of methoxy groups -OCH3 is 3. The molecule has 0 amide bonds. The SMILES string of the molecule is COc1cc(N)c(Oc2ccc(C)cc2OC)cc1OC. The number of rotatable bonds is 5. The number of benzene rings is 2. The Morgan fingerprint density at radius 2 is 1.29 bits per heavy atom. The van der Waals surface area contributed by atoms with E-state index >= 15 is 0 Å². The highest BCUT2D eigenvalue weighted by Crippen LogP contribution is 2.40. The Kier molecular flexibility index (Phi) is 4.42. The molecule has 112 valence electrons. The monoisotopic (exact) mass is 289 g/mol. The van der Waals surface area contributed by atoms with Gasteiger partial charge < -0.3 is 24.7 Å². The molecule has 0 bridgehead atoms. The summed E-state index contributed by atoms with van der Waals surface area (Å²) in [4.78, 5) is 0. The van der Waals surface area contributed by atoms with Crippen molar-refractivity contribution in [3.8, 4) is 28.7 Å². The third kappa shape index (κ3) is 3.13. The van der Waals surface area contributed by atoms with Crippen molar-refractivity contribution in [1.29, 1.82) is 0 Å². The van der Waals surface area contributed by atoms with E-state index in [9.17, 15) is 0 Å². The molecule has 2 aromatic carbocycles. The normalized spacial score (nSPS) is 10.1. The molecule has 0 unspecified atom stereocenters. The second-order valence-electron chi connectivity index (χ2n) is 4.50. The number of ether oxygens (including phenoxy) is 4. The van der Waals surface area contributed by atoms with Crippen molar-refractivity contribution in [2.75, 3.05) is 27.1 Å². The second kappa shape index (κ2) is 6.26. The summed E-state index contributed by atoms with van der Waals surface area (Å²) in [6.07, 6.45) is 0. The third-order valence-electron chi connectivity index (χ3n) is 3.06. The minimum atomic E-state index is 0.454. The van der Waals surface area contributed by atoms with Crippen molar-refractivity contribution in [1.82, 2.24) is 0 Å². The van der Waals surface area contributed by atoms with Crippen LogP contribution in [0.2, 0.25) is 0 Å². The Balaban J connectivity index is 2.40. The fourth-order valence-electron chi connectivity index (χ4n) is 1.94. The average molecular weight is 289 g/mol. The summed E-state index contributed by atoms with van der Waals surface area (Å²) in [7, 11) is 4.71. The lowest BCUT2D eigenvalue weighted by Gasteiger charge is -2.15. The van der Waals surface area contributed by atoms with E-state index in [-0.39, 0.29) is 0 Å². The Morgan fingerprint density at radius 3 is 1.90 bits per heavy atom. The highest BCUT2D eigenvalue weighted by Gasteiger charge is 2.13. The van der Waals surface area contributed by atoms with Crippen molar-refractivity contribution in [2.45, 2.75) is 6.92 Å². The van der Waals surface area contributed by atoms with Crippen molar-refractivity contribution < 1.29 is 18.9 Å². The molecular weight excluding hydrogens is 270 g/mol. The number of hydrogen-bond donors (Lipinski definition) is 1. The van der Waals surface area contributed by atoms with E-state index in [1.807, 2.05) is 25.1 Å². The fourth-order valence-corrected chi connectivity index (χ4v) is 1.94. The van der Waals surface area contributed by atoms with Crippen molar-refractivity contribution in [3.05, 3.63) is 35.9 Å². The molecule has 21 heavy (non-hydrogen) atoms. The van der Waals surface area contributed by atoms with Crippen LogP contribution in [-0.2, 0) is 0 Å². The van der Waals surface area contributed by atoms with Crippen LogP contribution in [0.25, 0.3) is 0 Å². The molecule has 0 heterocycles. The Morgan fingerprint density at radius 1 is 0.714 bits per heavy atom. The van der Waals surface area contributed by atoms with E-state index < -0.39 is 0 Å². The lowest BCUT2D eigenvalue weighted by molar-refractivity contribution is 0.350. The maximum atomic E-state index is 5.99. The molecular formula is C16H19NO4. The van der Waals surface area contributed by atoms with Crippen LogP contribution in [0.5, 0.6) is 28.7 Å². The first kappa shape index (κ1) is 14.8. The summed E-state index contributed by atoms with van der Waals surface area (Å²) in [5.74, 6) is 2.81. The summed E-state index contributed by atoms with van der Waals surface area (Å²) in [5, 5.41) is 0. The van der Waals surface area contributed by atoms with Crippen LogP contribution in [-0.4, -0.2) is 21.3 Å². The molecule has 0 spiro atoms. The molecule has 0 radical (unpaired) electrons. The number of aryl methyl sites for hydroxylation is 1. The van der Waals surface area contributed by atoms with E-state index in [2.05, 4.69) is 0 Å². The van der Waals surface area contributed by atoms with Crippen molar-refractivity contribution >= 4 is 5.69 Å². The molecule has 5 nitrogen and oxygen atoms in total. The third-order valence-corrected chi connectivity index (χ3v) is 3.06.